The standard InChI is InChI=1S/C26H28BN3O2/c1-18-16-21(27-31-25(2,3)26(4,5)32-27)24-22(17-18)28-29-30(24)23(19-12-8-6-9-13-19)20-14-10-7-11-15-20/h6-17,23H,1-5H3. The van der Waals surface area contributed by atoms with Crippen molar-refractivity contribution in [3.05, 3.63) is 89.5 Å². The van der Waals surface area contributed by atoms with Gasteiger partial charge in [0.1, 0.15) is 11.6 Å². The number of hydrogen-bond acceptors (Lipinski definition) is 4. The SMILES string of the molecule is Cc1cc(B2OC(C)(C)C(C)(C)O2)c2c(c1)nnn2C(c1ccccc1)c1ccccc1. The fraction of sp³-hybridized carbons (Fsp3) is 0.308. The Kier molecular flexibility index (Phi) is 4.95. The van der Waals surface area contributed by atoms with Crippen molar-refractivity contribution >= 4 is 23.6 Å². The molecule has 0 atom stereocenters. The van der Waals surface area contributed by atoms with E-state index in [9.17, 15) is 0 Å². The van der Waals surface area contributed by atoms with Crippen LogP contribution in [0.15, 0.2) is 72.8 Å². The Morgan fingerprint density at radius 1 is 0.812 bits per heavy atom. The van der Waals surface area contributed by atoms with Crippen LogP contribution in [-0.4, -0.2) is 33.3 Å². The molecule has 1 aliphatic heterocycles. The third-order valence-corrected chi connectivity index (χ3v) is 6.72. The lowest BCUT2D eigenvalue weighted by Gasteiger charge is -2.32. The molecule has 1 fully saturated rings. The number of rotatable bonds is 4. The molecule has 1 aromatic heterocycles. The van der Waals surface area contributed by atoms with E-state index < -0.39 is 18.3 Å². The predicted molar refractivity (Wildman–Crippen MR) is 128 cm³/mol. The lowest BCUT2D eigenvalue weighted by Crippen LogP contribution is -2.41. The Morgan fingerprint density at radius 2 is 1.34 bits per heavy atom. The molecule has 162 valence electrons. The highest BCUT2D eigenvalue weighted by Crippen LogP contribution is 2.37. The molecule has 0 aliphatic carbocycles. The van der Waals surface area contributed by atoms with Crippen molar-refractivity contribution in [3.8, 4) is 0 Å². The first-order chi connectivity index (χ1) is 15.3. The molecular formula is C26H28BN3O2. The highest BCUT2D eigenvalue weighted by molar-refractivity contribution is 6.65. The summed E-state index contributed by atoms with van der Waals surface area (Å²) in [4.78, 5) is 0. The van der Waals surface area contributed by atoms with Gasteiger partial charge in [-0.25, -0.2) is 4.68 Å². The second-order valence-corrected chi connectivity index (χ2v) is 9.57. The van der Waals surface area contributed by atoms with Crippen LogP contribution in [0.25, 0.3) is 11.0 Å². The van der Waals surface area contributed by atoms with Crippen LogP contribution in [0.1, 0.15) is 50.4 Å². The van der Waals surface area contributed by atoms with Gasteiger partial charge in [0.2, 0.25) is 0 Å². The van der Waals surface area contributed by atoms with Crippen LogP contribution < -0.4 is 5.46 Å². The molecule has 2 heterocycles. The van der Waals surface area contributed by atoms with Crippen molar-refractivity contribution in [3.63, 3.8) is 0 Å². The van der Waals surface area contributed by atoms with Gasteiger partial charge in [0.05, 0.1) is 16.7 Å². The van der Waals surface area contributed by atoms with Crippen LogP contribution in [0.4, 0.5) is 0 Å². The maximum Gasteiger partial charge on any atom is 0.497 e. The number of benzene rings is 3. The van der Waals surface area contributed by atoms with E-state index in [-0.39, 0.29) is 6.04 Å². The third-order valence-electron chi connectivity index (χ3n) is 6.72. The normalized spacial score (nSPS) is 17.4. The average molecular weight is 425 g/mol. The molecule has 0 radical (unpaired) electrons. The van der Waals surface area contributed by atoms with E-state index in [1.807, 2.05) is 16.8 Å². The van der Waals surface area contributed by atoms with Crippen molar-refractivity contribution in [2.75, 3.05) is 0 Å². The van der Waals surface area contributed by atoms with Gasteiger partial charge in [-0.3, -0.25) is 0 Å². The van der Waals surface area contributed by atoms with E-state index in [4.69, 9.17) is 9.31 Å². The van der Waals surface area contributed by atoms with Crippen molar-refractivity contribution in [1.82, 2.24) is 15.0 Å². The molecule has 0 saturated carbocycles. The topological polar surface area (TPSA) is 49.2 Å². The minimum Gasteiger partial charge on any atom is -0.399 e. The summed E-state index contributed by atoms with van der Waals surface area (Å²) in [5, 5.41) is 9.21. The van der Waals surface area contributed by atoms with Gasteiger partial charge in [-0.1, -0.05) is 71.9 Å². The van der Waals surface area contributed by atoms with Gasteiger partial charge < -0.3 is 9.31 Å². The van der Waals surface area contributed by atoms with Crippen LogP contribution in [-0.2, 0) is 9.31 Å². The van der Waals surface area contributed by atoms with Gasteiger partial charge in [-0.05, 0) is 57.4 Å². The first-order valence-corrected chi connectivity index (χ1v) is 11.1. The van der Waals surface area contributed by atoms with Gasteiger partial charge in [0, 0.05) is 5.46 Å². The van der Waals surface area contributed by atoms with E-state index in [0.717, 1.165) is 33.2 Å². The van der Waals surface area contributed by atoms with Crippen molar-refractivity contribution < 1.29 is 9.31 Å². The molecule has 1 saturated heterocycles. The predicted octanol–water partition coefficient (Wildman–Crippen LogP) is 4.68. The van der Waals surface area contributed by atoms with E-state index >= 15 is 0 Å². The van der Waals surface area contributed by atoms with Gasteiger partial charge in [0.15, 0.2) is 0 Å². The summed E-state index contributed by atoms with van der Waals surface area (Å²) in [5.41, 5.74) is 5.27. The Balaban J connectivity index is 1.73. The Morgan fingerprint density at radius 3 is 1.88 bits per heavy atom. The van der Waals surface area contributed by atoms with E-state index in [0.29, 0.717) is 0 Å². The summed E-state index contributed by atoms with van der Waals surface area (Å²) in [7, 11) is -0.494. The van der Waals surface area contributed by atoms with Gasteiger partial charge in [-0.15, -0.1) is 5.10 Å². The Bertz CT molecular complexity index is 1200. The molecule has 4 aromatic rings. The molecule has 0 bridgehead atoms. The summed E-state index contributed by atoms with van der Waals surface area (Å²) < 4.78 is 14.9. The molecule has 6 heteroatoms. The zero-order valence-corrected chi connectivity index (χ0v) is 19.2. The summed E-state index contributed by atoms with van der Waals surface area (Å²) in [5.74, 6) is 0. The quantitative estimate of drug-likeness (QED) is 0.446. The van der Waals surface area contributed by atoms with Crippen molar-refractivity contribution in [2.45, 2.75) is 51.9 Å². The Labute approximate surface area is 189 Å². The van der Waals surface area contributed by atoms with Gasteiger partial charge in [0.25, 0.3) is 0 Å². The summed E-state index contributed by atoms with van der Waals surface area (Å²) in [6, 6.07) is 24.9. The molecule has 0 unspecified atom stereocenters. The third kappa shape index (κ3) is 3.44. The van der Waals surface area contributed by atoms with Gasteiger partial charge in [-0.2, -0.15) is 0 Å². The number of aryl methyl sites for hydroxylation is 1. The number of nitrogens with zero attached hydrogens (tertiary/aromatic N) is 3. The maximum absolute atomic E-state index is 6.44. The average Bonchev–Trinajstić information content (AvgIpc) is 3.26. The molecule has 32 heavy (non-hydrogen) atoms. The van der Waals surface area contributed by atoms with Gasteiger partial charge >= 0.3 is 7.12 Å². The van der Waals surface area contributed by atoms with E-state index in [2.05, 4.69) is 106 Å². The zero-order valence-electron chi connectivity index (χ0n) is 19.2. The number of aromatic nitrogens is 3. The van der Waals surface area contributed by atoms with Crippen molar-refractivity contribution in [1.29, 1.82) is 0 Å². The largest absolute Gasteiger partial charge is 0.497 e. The molecule has 5 rings (SSSR count). The summed E-state index contributed by atoms with van der Waals surface area (Å²) >= 11 is 0. The fourth-order valence-corrected chi connectivity index (χ4v) is 4.33. The molecular weight excluding hydrogens is 397 g/mol. The molecule has 0 amide bonds. The van der Waals surface area contributed by atoms with Crippen LogP contribution in [0.5, 0.6) is 0 Å². The van der Waals surface area contributed by atoms with Crippen molar-refractivity contribution in [2.24, 2.45) is 0 Å². The smallest absolute Gasteiger partial charge is 0.399 e. The second-order valence-electron chi connectivity index (χ2n) is 9.57. The fourth-order valence-electron chi connectivity index (χ4n) is 4.33. The zero-order chi connectivity index (χ0) is 22.5. The minimum absolute atomic E-state index is 0.119. The highest BCUT2D eigenvalue weighted by atomic mass is 16.7. The van der Waals surface area contributed by atoms with Crippen LogP contribution in [0.3, 0.4) is 0 Å². The number of hydrogen-bond donors (Lipinski definition) is 0. The summed E-state index contributed by atoms with van der Waals surface area (Å²) in [6.45, 7) is 10.4. The van der Waals surface area contributed by atoms with Crippen LogP contribution in [0.2, 0.25) is 0 Å². The van der Waals surface area contributed by atoms with E-state index in [1.54, 1.807) is 0 Å². The van der Waals surface area contributed by atoms with Crippen LogP contribution in [0, 0.1) is 6.92 Å². The Hall–Kier alpha value is -2.96. The molecule has 0 spiro atoms. The lowest BCUT2D eigenvalue weighted by atomic mass is 9.77. The molecule has 1 aliphatic rings. The number of fused-ring (bicyclic) bond motifs is 1. The molecule has 5 nitrogen and oxygen atoms in total. The minimum atomic E-state index is -0.494. The molecule has 0 N–H and O–H groups in total. The monoisotopic (exact) mass is 425 g/mol. The maximum atomic E-state index is 6.44. The summed E-state index contributed by atoms with van der Waals surface area (Å²) in [6.07, 6.45) is 0. The highest BCUT2D eigenvalue weighted by Gasteiger charge is 2.52. The van der Waals surface area contributed by atoms with E-state index in [1.165, 1.54) is 0 Å². The lowest BCUT2D eigenvalue weighted by molar-refractivity contribution is 0.00578. The second kappa shape index (κ2) is 7.57. The van der Waals surface area contributed by atoms with Crippen LogP contribution >= 0.6 is 0 Å². The first-order valence-electron chi connectivity index (χ1n) is 11.1. The first kappa shape index (κ1) is 20.9. The molecule has 3 aromatic carbocycles.